The minimum atomic E-state index is -0.556. The lowest BCUT2D eigenvalue weighted by molar-refractivity contribution is -0.146. The van der Waals surface area contributed by atoms with Gasteiger partial charge < -0.3 is 15.4 Å². The van der Waals surface area contributed by atoms with Crippen molar-refractivity contribution in [1.82, 2.24) is 10.6 Å². The molecule has 0 bridgehead atoms. The van der Waals surface area contributed by atoms with Crippen molar-refractivity contribution in [3.05, 3.63) is 0 Å². The van der Waals surface area contributed by atoms with Gasteiger partial charge in [-0.2, -0.15) is 0 Å². The number of halogens is 1. The number of esters is 1. The van der Waals surface area contributed by atoms with Crippen LogP contribution in [0, 0.1) is 5.92 Å². The number of hydrogen-bond acceptors (Lipinski definition) is 4. The lowest BCUT2D eigenvalue weighted by Crippen LogP contribution is -2.45. The number of rotatable bonds is 6. The molecule has 1 amide bonds. The van der Waals surface area contributed by atoms with Crippen molar-refractivity contribution in [3.8, 4) is 0 Å². The quantitative estimate of drug-likeness (QED) is 0.669. The lowest BCUT2D eigenvalue weighted by atomic mass is 10.0. The van der Waals surface area contributed by atoms with Crippen molar-refractivity contribution in [2.45, 2.75) is 26.3 Å². The zero-order valence-electron chi connectivity index (χ0n) is 10.2. The fourth-order valence-electron chi connectivity index (χ4n) is 1.11. The summed E-state index contributed by atoms with van der Waals surface area (Å²) >= 11 is 0. The standard InChI is InChI=1S/C10H20N2O3.ClH/c1-7(2)9(10(14)15-4)12-8(13)5-6-11-3;/h7,9,11H,5-6H2,1-4H3,(H,12,13);1H. The van der Waals surface area contributed by atoms with Crippen molar-refractivity contribution in [3.63, 3.8) is 0 Å². The van der Waals surface area contributed by atoms with E-state index in [0.29, 0.717) is 13.0 Å². The van der Waals surface area contributed by atoms with Crippen LogP contribution in [-0.2, 0) is 14.3 Å². The Morgan fingerprint density at radius 3 is 2.25 bits per heavy atom. The third-order valence-corrected chi connectivity index (χ3v) is 2.04. The van der Waals surface area contributed by atoms with Crippen LogP contribution in [0.15, 0.2) is 0 Å². The molecule has 5 nitrogen and oxygen atoms in total. The van der Waals surface area contributed by atoms with Gasteiger partial charge in [-0.15, -0.1) is 12.4 Å². The first-order valence-electron chi connectivity index (χ1n) is 5.04. The number of ether oxygens (including phenoxy) is 1. The Kier molecular flexibility index (Phi) is 10.3. The Bertz CT molecular complexity index is 222. The molecule has 0 aliphatic carbocycles. The van der Waals surface area contributed by atoms with Crippen LogP contribution in [0.2, 0.25) is 0 Å². The van der Waals surface area contributed by atoms with Crippen LogP contribution in [0.5, 0.6) is 0 Å². The SMILES string of the molecule is CNCCC(=O)NC(C(=O)OC)C(C)C.Cl. The summed E-state index contributed by atoms with van der Waals surface area (Å²) in [5.41, 5.74) is 0. The molecule has 0 aromatic heterocycles. The first-order chi connectivity index (χ1) is 7.02. The van der Waals surface area contributed by atoms with Gasteiger partial charge in [0.25, 0.3) is 0 Å². The van der Waals surface area contributed by atoms with Crippen molar-refractivity contribution in [2.24, 2.45) is 5.92 Å². The van der Waals surface area contributed by atoms with Gasteiger partial charge in [0, 0.05) is 13.0 Å². The van der Waals surface area contributed by atoms with E-state index in [1.54, 1.807) is 7.05 Å². The number of methoxy groups -OCH3 is 1. The van der Waals surface area contributed by atoms with E-state index in [1.807, 2.05) is 13.8 Å². The average molecular weight is 253 g/mol. The molecule has 0 heterocycles. The highest BCUT2D eigenvalue weighted by Gasteiger charge is 2.24. The number of amides is 1. The highest BCUT2D eigenvalue weighted by molar-refractivity contribution is 5.85. The van der Waals surface area contributed by atoms with Crippen LogP contribution in [0.3, 0.4) is 0 Å². The molecule has 6 heteroatoms. The largest absolute Gasteiger partial charge is 0.467 e. The molecule has 96 valence electrons. The average Bonchev–Trinajstić information content (AvgIpc) is 2.21. The zero-order chi connectivity index (χ0) is 11.8. The van der Waals surface area contributed by atoms with Gasteiger partial charge >= 0.3 is 5.97 Å². The number of carbonyl (C=O) groups is 2. The maximum Gasteiger partial charge on any atom is 0.328 e. The van der Waals surface area contributed by atoms with Crippen LogP contribution >= 0.6 is 12.4 Å². The maximum absolute atomic E-state index is 11.4. The molecule has 0 aliphatic heterocycles. The summed E-state index contributed by atoms with van der Waals surface area (Å²) in [6, 6.07) is -0.556. The fraction of sp³-hybridized carbons (Fsp3) is 0.800. The predicted octanol–water partition coefficient (Wildman–Crippen LogP) is 0.331. The van der Waals surface area contributed by atoms with Gasteiger partial charge in [0.1, 0.15) is 6.04 Å². The smallest absolute Gasteiger partial charge is 0.328 e. The Balaban J connectivity index is 0. The van der Waals surface area contributed by atoms with E-state index in [0.717, 1.165) is 0 Å². The molecule has 1 unspecified atom stereocenters. The fourth-order valence-corrected chi connectivity index (χ4v) is 1.11. The number of carbonyl (C=O) groups excluding carboxylic acids is 2. The van der Waals surface area contributed by atoms with Gasteiger partial charge in [-0.25, -0.2) is 4.79 Å². The highest BCUT2D eigenvalue weighted by Crippen LogP contribution is 2.03. The molecule has 0 spiro atoms. The van der Waals surface area contributed by atoms with E-state index in [1.165, 1.54) is 7.11 Å². The summed E-state index contributed by atoms with van der Waals surface area (Å²) in [6.45, 7) is 4.32. The Labute approximate surface area is 103 Å². The van der Waals surface area contributed by atoms with Crippen molar-refractivity contribution in [2.75, 3.05) is 20.7 Å². The molecule has 1 atom stereocenters. The van der Waals surface area contributed by atoms with Crippen LogP contribution in [0.1, 0.15) is 20.3 Å². The lowest BCUT2D eigenvalue weighted by Gasteiger charge is -2.19. The summed E-state index contributed by atoms with van der Waals surface area (Å²) in [5, 5.41) is 5.52. The highest BCUT2D eigenvalue weighted by atomic mass is 35.5. The van der Waals surface area contributed by atoms with Crippen LogP contribution in [0.4, 0.5) is 0 Å². The topological polar surface area (TPSA) is 67.4 Å². The van der Waals surface area contributed by atoms with Crippen molar-refractivity contribution >= 4 is 24.3 Å². The minimum Gasteiger partial charge on any atom is -0.467 e. The number of nitrogens with one attached hydrogen (secondary N) is 2. The van der Waals surface area contributed by atoms with E-state index in [2.05, 4.69) is 15.4 Å². The normalized spacial score (nSPS) is 11.6. The van der Waals surface area contributed by atoms with E-state index >= 15 is 0 Å². The van der Waals surface area contributed by atoms with Gasteiger partial charge in [-0.05, 0) is 13.0 Å². The van der Waals surface area contributed by atoms with Crippen molar-refractivity contribution in [1.29, 1.82) is 0 Å². The summed E-state index contributed by atoms with van der Waals surface area (Å²) in [6.07, 6.45) is 0.358. The third kappa shape index (κ3) is 6.63. The Morgan fingerprint density at radius 2 is 1.88 bits per heavy atom. The molecule has 0 aromatic carbocycles. The Morgan fingerprint density at radius 1 is 1.31 bits per heavy atom. The molecule has 16 heavy (non-hydrogen) atoms. The predicted molar refractivity (Wildman–Crippen MR) is 64.6 cm³/mol. The molecular weight excluding hydrogens is 232 g/mol. The molecule has 0 radical (unpaired) electrons. The molecule has 2 N–H and O–H groups in total. The second-order valence-corrected chi connectivity index (χ2v) is 3.67. The monoisotopic (exact) mass is 252 g/mol. The molecule has 0 rings (SSSR count). The zero-order valence-corrected chi connectivity index (χ0v) is 11.0. The van der Waals surface area contributed by atoms with Crippen LogP contribution in [-0.4, -0.2) is 38.6 Å². The molecular formula is C10H21ClN2O3. The van der Waals surface area contributed by atoms with E-state index in [-0.39, 0.29) is 24.2 Å². The molecule has 0 saturated heterocycles. The summed E-state index contributed by atoms with van der Waals surface area (Å²) in [7, 11) is 3.09. The second-order valence-electron chi connectivity index (χ2n) is 3.67. The van der Waals surface area contributed by atoms with Crippen LogP contribution < -0.4 is 10.6 Å². The summed E-state index contributed by atoms with van der Waals surface area (Å²) in [5.74, 6) is -0.521. The van der Waals surface area contributed by atoms with E-state index in [9.17, 15) is 9.59 Å². The molecule has 0 aliphatic rings. The summed E-state index contributed by atoms with van der Waals surface area (Å²) < 4.78 is 4.61. The molecule has 0 fully saturated rings. The second kappa shape index (κ2) is 9.42. The summed E-state index contributed by atoms with van der Waals surface area (Å²) in [4.78, 5) is 22.7. The maximum atomic E-state index is 11.4. The van der Waals surface area contributed by atoms with Gasteiger partial charge in [0.2, 0.25) is 5.91 Å². The first-order valence-corrected chi connectivity index (χ1v) is 5.04. The Hall–Kier alpha value is -0.810. The molecule has 0 saturated carbocycles. The van der Waals surface area contributed by atoms with Gasteiger partial charge in [0.15, 0.2) is 0 Å². The van der Waals surface area contributed by atoms with Gasteiger partial charge in [0.05, 0.1) is 7.11 Å². The first kappa shape index (κ1) is 17.6. The number of hydrogen-bond donors (Lipinski definition) is 2. The van der Waals surface area contributed by atoms with Gasteiger partial charge in [-0.3, -0.25) is 4.79 Å². The van der Waals surface area contributed by atoms with E-state index < -0.39 is 12.0 Å². The minimum absolute atomic E-state index is 0. The van der Waals surface area contributed by atoms with Gasteiger partial charge in [-0.1, -0.05) is 13.8 Å². The third-order valence-electron chi connectivity index (χ3n) is 2.04. The van der Waals surface area contributed by atoms with Crippen LogP contribution in [0.25, 0.3) is 0 Å². The van der Waals surface area contributed by atoms with Crippen molar-refractivity contribution < 1.29 is 14.3 Å². The van der Waals surface area contributed by atoms with E-state index in [4.69, 9.17) is 0 Å². The molecule has 0 aromatic rings.